The van der Waals surface area contributed by atoms with Crippen molar-refractivity contribution in [1.82, 2.24) is 26.4 Å². The Morgan fingerprint density at radius 1 is 0.857 bits per heavy atom. The molecule has 3 rings (SSSR count). The van der Waals surface area contributed by atoms with E-state index >= 15 is 0 Å². The number of hydrogen-bond acceptors (Lipinski definition) is 7. The summed E-state index contributed by atoms with van der Waals surface area (Å²) in [5.41, 5.74) is 6.12. The molecule has 0 unspecified atom stereocenters. The molecule has 1 aromatic heterocycles. The van der Waals surface area contributed by atoms with Crippen LogP contribution in [-0.2, 0) is 4.79 Å². The number of nitrogens with zero attached hydrogens (tertiary/aromatic N) is 1. The number of carbonyl (C=O) groups excluding carboxylic acids is 3. The Labute approximate surface area is 202 Å². The van der Waals surface area contributed by atoms with E-state index in [2.05, 4.69) is 26.4 Å². The number of aromatic amines is 1. The quantitative estimate of drug-likeness (QED) is 0.307. The minimum absolute atomic E-state index is 0.0318. The molecule has 0 aliphatic rings. The molecule has 0 atom stereocenters. The molecule has 11 nitrogen and oxygen atoms in total. The lowest BCUT2D eigenvalue weighted by molar-refractivity contribution is -0.121. The Morgan fingerprint density at radius 3 is 2.20 bits per heavy atom. The first-order chi connectivity index (χ1) is 17.0. The Balaban J connectivity index is 1.53. The zero-order valence-corrected chi connectivity index (χ0v) is 19.9. The molecule has 11 heteroatoms. The molecule has 35 heavy (non-hydrogen) atoms. The highest BCUT2D eigenvalue weighted by Crippen LogP contribution is 2.39. The van der Waals surface area contributed by atoms with Crippen molar-refractivity contribution in [2.24, 2.45) is 0 Å². The van der Waals surface area contributed by atoms with E-state index in [1.165, 1.54) is 12.1 Å². The molecule has 0 fully saturated rings. The highest BCUT2D eigenvalue weighted by Gasteiger charge is 2.19. The fourth-order valence-electron chi connectivity index (χ4n) is 3.25. The largest absolute Gasteiger partial charge is 0.490 e. The lowest BCUT2D eigenvalue weighted by atomic mass is 10.1. The van der Waals surface area contributed by atoms with Crippen LogP contribution < -0.4 is 30.4 Å². The van der Waals surface area contributed by atoms with Crippen LogP contribution >= 0.6 is 0 Å². The van der Waals surface area contributed by atoms with Gasteiger partial charge in [0.05, 0.1) is 31.5 Å². The third kappa shape index (κ3) is 6.62. The lowest BCUT2D eigenvalue weighted by Crippen LogP contribution is -2.42. The van der Waals surface area contributed by atoms with Crippen LogP contribution in [0, 0.1) is 0 Å². The van der Waals surface area contributed by atoms with E-state index in [-0.39, 0.29) is 24.4 Å². The van der Waals surface area contributed by atoms with Gasteiger partial charge >= 0.3 is 0 Å². The smallest absolute Gasteiger partial charge is 0.269 e. The number of aromatic nitrogens is 2. The predicted molar refractivity (Wildman–Crippen MR) is 129 cm³/mol. The first kappa shape index (κ1) is 25.3. The number of hydrogen-bond donors (Lipinski definition) is 4. The monoisotopic (exact) mass is 483 g/mol. The summed E-state index contributed by atoms with van der Waals surface area (Å²) in [7, 11) is 0. The van der Waals surface area contributed by atoms with E-state index in [0.717, 1.165) is 10.9 Å². The van der Waals surface area contributed by atoms with E-state index in [1.807, 2.05) is 20.8 Å². The van der Waals surface area contributed by atoms with Gasteiger partial charge in [0.25, 0.3) is 11.8 Å². The van der Waals surface area contributed by atoms with Gasteiger partial charge in [0.1, 0.15) is 0 Å². The minimum Gasteiger partial charge on any atom is -0.490 e. The van der Waals surface area contributed by atoms with Crippen molar-refractivity contribution in [3.05, 3.63) is 47.7 Å². The summed E-state index contributed by atoms with van der Waals surface area (Å²) in [4.78, 5) is 37.1. The Morgan fingerprint density at radius 2 is 1.54 bits per heavy atom. The second-order valence-corrected chi connectivity index (χ2v) is 7.28. The van der Waals surface area contributed by atoms with Crippen LogP contribution in [0.25, 0.3) is 10.9 Å². The van der Waals surface area contributed by atoms with Gasteiger partial charge in [0.2, 0.25) is 11.7 Å². The van der Waals surface area contributed by atoms with E-state index < -0.39 is 11.8 Å². The topological polar surface area (TPSA) is 144 Å². The van der Waals surface area contributed by atoms with Crippen molar-refractivity contribution in [2.45, 2.75) is 27.2 Å². The molecule has 2 aromatic carbocycles. The van der Waals surface area contributed by atoms with Gasteiger partial charge in [-0.15, -0.1) is 0 Å². The number of fused-ring (bicyclic) bond motifs is 1. The summed E-state index contributed by atoms with van der Waals surface area (Å²) < 4.78 is 16.8. The van der Waals surface area contributed by atoms with Gasteiger partial charge in [0, 0.05) is 29.5 Å². The second kappa shape index (κ2) is 12.3. The summed E-state index contributed by atoms with van der Waals surface area (Å²) in [5, 5.41) is 10.3. The molecule has 0 aliphatic carbocycles. The van der Waals surface area contributed by atoms with Crippen LogP contribution in [0.4, 0.5) is 0 Å². The van der Waals surface area contributed by atoms with Crippen LogP contribution in [-0.4, -0.2) is 54.3 Å². The minimum atomic E-state index is -0.555. The van der Waals surface area contributed by atoms with Gasteiger partial charge in [-0.25, -0.2) is 0 Å². The molecule has 0 spiro atoms. The molecule has 0 radical (unpaired) electrons. The van der Waals surface area contributed by atoms with Crippen LogP contribution in [0.15, 0.2) is 36.5 Å². The molecule has 186 valence electrons. The summed E-state index contributed by atoms with van der Waals surface area (Å²) >= 11 is 0. The molecule has 0 saturated heterocycles. The first-order valence-electron chi connectivity index (χ1n) is 11.3. The van der Waals surface area contributed by atoms with Crippen molar-refractivity contribution >= 4 is 28.6 Å². The van der Waals surface area contributed by atoms with Crippen LogP contribution in [0.1, 0.15) is 47.9 Å². The molecule has 1 heterocycles. The number of rotatable bonds is 11. The van der Waals surface area contributed by atoms with Gasteiger partial charge in [0.15, 0.2) is 11.5 Å². The van der Waals surface area contributed by atoms with E-state index in [9.17, 15) is 14.4 Å². The number of carbonyl (C=O) groups is 3. The summed E-state index contributed by atoms with van der Waals surface area (Å²) in [6.07, 6.45) is 1.63. The van der Waals surface area contributed by atoms with Crippen molar-refractivity contribution in [1.29, 1.82) is 0 Å². The Hall–Kier alpha value is -4.28. The maximum Gasteiger partial charge on any atom is 0.269 e. The van der Waals surface area contributed by atoms with Crippen LogP contribution in [0.3, 0.4) is 0 Å². The van der Waals surface area contributed by atoms with Crippen molar-refractivity contribution < 1.29 is 28.6 Å². The normalized spacial score (nSPS) is 10.5. The van der Waals surface area contributed by atoms with Crippen molar-refractivity contribution in [3.63, 3.8) is 0 Å². The third-order valence-electron chi connectivity index (χ3n) is 4.83. The highest BCUT2D eigenvalue weighted by atomic mass is 16.5. The molecule has 4 N–H and O–H groups in total. The Kier molecular flexibility index (Phi) is 8.88. The van der Waals surface area contributed by atoms with Gasteiger partial charge in [-0.2, -0.15) is 5.10 Å². The predicted octanol–water partition coefficient (Wildman–Crippen LogP) is 2.34. The van der Waals surface area contributed by atoms with E-state index in [0.29, 0.717) is 42.6 Å². The SMILES string of the molecule is CCOc1cc(C(=O)NNC(=O)CCNC(=O)c2ccc3cn[nH]c3c2)cc(OCC)c1OCC. The molecule has 0 aliphatic heterocycles. The number of nitrogens with one attached hydrogen (secondary N) is 4. The van der Waals surface area contributed by atoms with Crippen LogP contribution in [0.2, 0.25) is 0 Å². The maximum atomic E-state index is 12.6. The van der Waals surface area contributed by atoms with Gasteiger partial charge in [-0.1, -0.05) is 6.07 Å². The molecular weight excluding hydrogens is 454 g/mol. The van der Waals surface area contributed by atoms with E-state index in [4.69, 9.17) is 14.2 Å². The fraction of sp³-hybridized carbons (Fsp3) is 0.333. The highest BCUT2D eigenvalue weighted by molar-refractivity contribution is 5.98. The zero-order valence-electron chi connectivity index (χ0n) is 19.9. The molecule has 3 aromatic rings. The molecule has 3 amide bonds. The maximum absolute atomic E-state index is 12.6. The van der Waals surface area contributed by atoms with E-state index in [1.54, 1.807) is 24.4 Å². The summed E-state index contributed by atoms with van der Waals surface area (Å²) in [5.74, 6) is -0.191. The number of amides is 3. The molecular formula is C24H29N5O6. The van der Waals surface area contributed by atoms with Crippen molar-refractivity contribution in [3.8, 4) is 17.2 Å². The lowest BCUT2D eigenvalue weighted by Gasteiger charge is -2.17. The average molecular weight is 484 g/mol. The van der Waals surface area contributed by atoms with Crippen LogP contribution in [0.5, 0.6) is 17.2 Å². The number of ether oxygens (including phenoxy) is 3. The Bertz CT molecular complexity index is 1170. The summed E-state index contributed by atoms with van der Waals surface area (Å²) in [6.45, 7) is 6.70. The standard InChI is InChI=1S/C24H29N5O6/c1-4-33-19-12-17(13-20(34-5-2)22(19)35-6-3)24(32)29-28-21(30)9-10-25-23(31)15-7-8-16-14-26-27-18(16)11-15/h7-8,11-14H,4-6,9-10H2,1-3H3,(H,25,31)(H,26,27)(H,28,30)(H,29,32). The van der Waals surface area contributed by atoms with Gasteiger partial charge in [-0.3, -0.25) is 30.3 Å². The number of benzene rings is 2. The third-order valence-corrected chi connectivity index (χ3v) is 4.83. The van der Waals surface area contributed by atoms with Gasteiger partial charge in [-0.05, 0) is 45.0 Å². The fourth-order valence-corrected chi connectivity index (χ4v) is 3.25. The second-order valence-electron chi connectivity index (χ2n) is 7.28. The average Bonchev–Trinajstić information content (AvgIpc) is 3.32. The number of H-pyrrole nitrogens is 1. The molecule has 0 bridgehead atoms. The first-order valence-corrected chi connectivity index (χ1v) is 11.3. The van der Waals surface area contributed by atoms with Crippen molar-refractivity contribution in [2.75, 3.05) is 26.4 Å². The number of hydrazine groups is 1. The van der Waals surface area contributed by atoms with Gasteiger partial charge < -0.3 is 19.5 Å². The summed E-state index contributed by atoms with van der Waals surface area (Å²) in [6, 6.07) is 8.19. The zero-order chi connectivity index (χ0) is 25.2. The molecule has 0 saturated carbocycles.